The minimum atomic E-state index is -0.506. The highest BCUT2D eigenvalue weighted by Crippen LogP contribution is 2.23. The predicted molar refractivity (Wildman–Crippen MR) is 106 cm³/mol. The molecule has 1 heterocycles. The second kappa shape index (κ2) is 9.28. The van der Waals surface area contributed by atoms with Crippen LogP contribution in [0, 0.1) is 0 Å². The molecule has 1 saturated heterocycles. The van der Waals surface area contributed by atoms with E-state index >= 15 is 0 Å². The fourth-order valence-electron chi connectivity index (χ4n) is 3.24. The fraction of sp³-hybridized carbons (Fsp3) is 0.318. The van der Waals surface area contributed by atoms with E-state index in [0.717, 1.165) is 12.8 Å². The van der Waals surface area contributed by atoms with E-state index in [0.29, 0.717) is 24.4 Å². The molecule has 1 aliphatic heterocycles. The number of amides is 2. The summed E-state index contributed by atoms with van der Waals surface area (Å²) in [6, 6.07) is 16.0. The van der Waals surface area contributed by atoms with Gasteiger partial charge in [0.25, 0.3) is 5.91 Å². The maximum absolute atomic E-state index is 12.7. The van der Waals surface area contributed by atoms with Gasteiger partial charge in [0.1, 0.15) is 0 Å². The van der Waals surface area contributed by atoms with Crippen LogP contribution in [-0.2, 0) is 20.7 Å². The quantitative estimate of drug-likeness (QED) is 0.433. The molecule has 146 valence electrons. The van der Waals surface area contributed by atoms with Crippen molar-refractivity contribution >= 4 is 23.5 Å². The van der Waals surface area contributed by atoms with Crippen LogP contribution >= 0.6 is 0 Å². The Morgan fingerprint density at radius 2 is 1.82 bits per heavy atom. The van der Waals surface area contributed by atoms with Gasteiger partial charge in [0, 0.05) is 0 Å². The smallest absolute Gasteiger partial charge is 0.338 e. The first-order valence-electron chi connectivity index (χ1n) is 9.51. The van der Waals surface area contributed by atoms with Crippen LogP contribution in [0.5, 0.6) is 0 Å². The topological polar surface area (TPSA) is 75.7 Å². The van der Waals surface area contributed by atoms with Gasteiger partial charge in [0.05, 0.1) is 30.3 Å². The molecular formula is C22H24N2O4. The van der Waals surface area contributed by atoms with E-state index in [9.17, 15) is 14.4 Å². The van der Waals surface area contributed by atoms with Gasteiger partial charge < -0.3 is 10.1 Å². The number of rotatable bonds is 8. The molecule has 1 N–H and O–H groups in total. The van der Waals surface area contributed by atoms with Gasteiger partial charge in [-0.25, -0.2) is 9.69 Å². The molecule has 1 atom stereocenters. The molecule has 0 bridgehead atoms. The average molecular weight is 380 g/mol. The maximum atomic E-state index is 12.7. The van der Waals surface area contributed by atoms with Crippen LogP contribution in [0.15, 0.2) is 54.6 Å². The first-order valence-corrected chi connectivity index (χ1v) is 9.51. The Bertz CT molecular complexity index is 833. The zero-order valence-corrected chi connectivity index (χ0v) is 15.9. The number of carbonyl (C=O) groups excluding carboxylic acids is 3. The van der Waals surface area contributed by atoms with Crippen LogP contribution in [0.2, 0.25) is 0 Å². The van der Waals surface area contributed by atoms with Gasteiger partial charge in [0.2, 0.25) is 5.91 Å². The van der Waals surface area contributed by atoms with Crippen molar-refractivity contribution in [2.75, 3.05) is 18.1 Å². The van der Waals surface area contributed by atoms with E-state index in [1.54, 1.807) is 31.2 Å². The standard InChI is InChI=1S/C22H24N2O4/c1-2-28-22(27)17-10-12-18(13-11-17)24-20(25)15-19(21(24)26)23-14-6-9-16-7-4-3-5-8-16/h3-5,7-8,10-13,19,23H,2,6,9,14-15H2,1H3/t19-/m1/s1. The molecule has 1 aliphatic rings. The Balaban J connectivity index is 1.55. The van der Waals surface area contributed by atoms with E-state index in [1.165, 1.54) is 10.5 Å². The molecule has 1 fully saturated rings. The number of hydrogen-bond acceptors (Lipinski definition) is 5. The zero-order chi connectivity index (χ0) is 19.9. The Morgan fingerprint density at radius 3 is 2.50 bits per heavy atom. The first kappa shape index (κ1) is 19.8. The van der Waals surface area contributed by atoms with E-state index in [1.807, 2.05) is 18.2 Å². The van der Waals surface area contributed by atoms with Crippen LogP contribution in [0.1, 0.15) is 35.7 Å². The van der Waals surface area contributed by atoms with E-state index < -0.39 is 12.0 Å². The van der Waals surface area contributed by atoms with Gasteiger partial charge >= 0.3 is 5.97 Å². The van der Waals surface area contributed by atoms with Gasteiger partial charge in [-0.15, -0.1) is 0 Å². The van der Waals surface area contributed by atoms with E-state index in [4.69, 9.17) is 4.74 Å². The van der Waals surface area contributed by atoms with Crippen molar-refractivity contribution in [2.24, 2.45) is 0 Å². The molecule has 6 heteroatoms. The SMILES string of the molecule is CCOC(=O)c1ccc(N2C(=O)C[C@@H](NCCCc3ccccc3)C2=O)cc1. The molecule has 6 nitrogen and oxygen atoms in total. The summed E-state index contributed by atoms with van der Waals surface area (Å²) in [5, 5.41) is 3.19. The second-order valence-corrected chi connectivity index (χ2v) is 6.63. The summed E-state index contributed by atoms with van der Waals surface area (Å²) in [6.45, 7) is 2.69. The van der Waals surface area contributed by atoms with Gasteiger partial charge in [0.15, 0.2) is 0 Å². The summed E-state index contributed by atoms with van der Waals surface area (Å²) in [6.07, 6.45) is 1.95. The van der Waals surface area contributed by atoms with Gasteiger partial charge in [-0.1, -0.05) is 30.3 Å². The number of esters is 1. The lowest BCUT2D eigenvalue weighted by molar-refractivity contribution is -0.121. The van der Waals surface area contributed by atoms with Gasteiger partial charge in [-0.3, -0.25) is 9.59 Å². The maximum Gasteiger partial charge on any atom is 0.338 e. The Kier molecular flexibility index (Phi) is 6.55. The minimum Gasteiger partial charge on any atom is -0.462 e. The number of hydrogen-bond donors (Lipinski definition) is 1. The molecule has 0 aromatic heterocycles. The molecule has 0 radical (unpaired) electrons. The fourth-order valence-corrected chi connectivity index (χ4v) is 3.24. The summed E-state index contributed by atoms with van der Waals surface area (Å²) in [7, 11) is 0. The molecule has 2 amide bonds. The lowest BCUT2D eigenvalue weighted by Gasteiger charge is -2.16. The zero-order valence-electron chi connectivity index (χ0n) is 15.9. The Morgan fingerprint density at radius 1 is 1.11 bits per heavy atom. The molecular weight excluding hydrogens is 356 g/mol. The minimum absolute atomic E-state index is 0.143. The number of nitrogens with zero attached hydrogens (tertiary/aromatic N) is 1. The van der Waals surface area contributed by atoms with Crippen molar-refractivity contribution in [3.05, 3.63) is 65.7 Å². The molecule has 28 heavy (non-hydrogen) atoms. The third kappa shape index (κ3) is 4.64. The molecule has 3 rings (SSSR count). The number of ether oxygens (including phenoxy) is 1. The van der Waals surface area contributed by atoms with Crippen molar-refractivity contribution < 1.29 is 19.1 Å². The molecule has 0 spiro atoms. The van der Waals surface area contributed by atoms with Crippen molar-refractivity contribution in [2.45, 2.75) is 32.2 Å². The monoisotopic (exact) mass is 380 g/mol. The molecule has 0 saturated carbocycles. The lowest BCUT2D eigenvalue weighted by Crippen LogP contribution is -2.39. The van der Waals surface area contributed by atoms with Gasteiger partial charge in [-0.05, 0) is 56.1 Å². The molecule has 0 aliphatic carbocycles. The van der Waals surface area contributed by atoms with Gasteiger partial charge in [-0.2, -0.15) is 0 Å². The first-order chi connectivity index (χ1) is 13.6. The summed E-state index contributed by atoms with van der Waals surface area (Å²) >= 11 is 0. The van der Waals surface area contributed by atoms with Crippen LogP contribution in [-0.4, -0.2) is 37.0 Å². The Labute approximate surface area is 164 Å². The van der Waals surface area contributed by atoms with Crippen molar-refractivity contribution in [1.82, 2.24) is 5.32 Å². The number of benzene rings is 2. The summed E-state index contributed by atoms with van der Waals surface area (Å²) < 4.78 is 4.94. The average Bonchev–Trinajstić information content (AvgIpc) is 2.99. The lowest BCUT2D eigenvalue weighted by atomic mass is 10.1. The molecule has 0 unspecified atom stereocenters. The van der Waals surface area contributed by atoms with Crippen LogP contribution in [0.4, 0.5) is 5.69 Å². The van der Waals surface area contributed by atoms with Crippen molar-refractivity contribution in [1.29, 1.82) is 0 Å². The highest BCUT2D eigenvalue weighted by Gasteiger charge is 2.39. The number of aryl methyl sites for hydroxylation is 1. The number of imide groups is 1. The number of carbonyl (C=O) groups is 3. The summed E-state index contributed by atoms with van der Waals surface area (Å²) in [4.78, 5) is 37.9. The van der Waals surface area contributed by atoms with E-state index in [2.05, 4.69) is 17.4 Å². The molecule has 2 aromatic rings. The number of nitrogens with one attached hydrogen (secondary N) is 1. The molecule has 2 aromatic carbocycles. The second-order valence-electron chi connectivity index (χ2n) is 6.63. The van der Waals surface area contributed by atoms with Crippen LogP contribution in [0.3, 0.4) is 0 Å². The van der Waals surface area contributed by atoms with E-state index in [-0.39, 0.29) is 18.2 Å². The summed E-state index contributed by atoms with van der Waals surface area (Å²) in [5.41, 5.74) is 2.11. The van der Waals surface area contributed by atoms with Crippen LogP contribution in [0.25, 0.3) is 0 Å². The highest BCUT2D eigenvalue weighted by molar-refractivity contribution is 6.22. The highest BCUT2D eigenvalue weighted by atomic mass is 16.5. The normalized spacial score (nSPS) is 16.5. The third-order valence-electron chi connectivity index (χ3n) is 4.66. The van der Waals surface area contributed by atoms with Crippen molar-refractivity contribution in [3.63, 3.8) is 0 Å². The third-order valence-corrected chi connectivity index (χ3v) is 4.66. The Hall–Kier alpha value is -2.99. The summed E-state index contributed by atoms with van der Waals surface area (Å²) in [5.74, 6) is -0.922. The predicted octanol–water partition coefficient (Wildman–Crippen LogP) is 2.72. The van der Waals surface area contributed by atoms with Crippen molar-refractivity contribution in [3.8, 4) is 0 Å². The number of anilines is 1. The largest absolute Gasteiger partial charge is 0.462 e. The van der Waals surface area contributed by atoms with Crippen LogP contribution < -0.4 is 10.2 Å².